The van der Waals surface area contributed by atoms with Crippen molar-refractivity contribution in [2.45, 2.75) is 13.5 Å². The van der Waals surface area contributed by atoms with Gasteiger partial charge in [0.1, 0.15) is 11.5 Å². The summed E-state index contributed by atoms with van der Waals surface area (Å²) in [6, 6.07) is 8.38. The van der Waals surface area contributed by atoms with Crippen LogP contribution in [0.15, 0.2) is 44.1 Å². The van der Waals surface area contributed by atoms with Crippen molar-refractivity contribution in [3.05, 3.63) is 56.8 Å². The fraction of sp³-hybridized carbons (Fsp3) is 0.211. The molecule has 0 unspecified atom stereocenters. The number of rotatable bonds is 6. The number of thioether (sulfide) groups is 1. The Bertz CT molecular complexity index is 967. The van der Waals surface area contributed by atoms with Gasteiger partial charge in [-0.05, 0) is 70.5 Å². The maximum Gasteiger partial charge on any atom is 0.373 e. The van der Waals surface area contributed by atoms with Crippen molar-refractivity contribution in [3.63, 3.8) is 0 Å². The third-order valence-corrected chi connectivity index (χ3v) is 5.32. The zero-order valence-electron chi connectivity index (χ0n) is 15.1. The van der Waals surface area contributed by atoms with Gasteiger partial charge in [-0.15, -0.1) is 0 Å². The van der Waals surface area contributed by atoms with E-state index in [9.17, 15) is 14.4 Å². The Balaban J connectivity index is 1.76. The first-order valence-electron chi connectivity index (χ1n) is 8.27. The number of carbonyl (C=O) groups is 3. The van der Waals surface area contributed by atoms with Crippen molar-refractivity contribution in [1.29, 1.82) is 0 Å². The van der Waals surface area contributed by atoms with Crippen LogP contribution in [0.1, 0.15) is 28.8 Å². The topological polar surface area (TPSA) is 86.1 Å². The van der Waals surface area contributed by atoms with Crippen LogP contribution >= 0.6 is 27.7 Å². The van der Waals surface area contributed by atoms with E-state index < -0.39 is 17.1 Å². The minimum atomic E-state index is -0.624. The molecule has 2 heterocycles. The third kappa shape index (κ3) is 4.31. The number of ether oxygens (including phenoxy) is 2. The Hall–Kier alpha value is -2.52. The van der Waals surface area contributed by atoms with E-state index in [4.69, 9.17) is 9.15 Å². The molecule has 7 nitrogen and oxygen atoms in total. The van der Waals surface area contributed by atoms with Crippen molar-refractivity contribution in [1.82, 2.24) is 4.90 Å². The predicted molar refractivity (Wildman–Crippen MR) is 107 cm³/mol. The maximum atomic E-state index is 12.6. The first-order valence-corrected chi connectivity index (χ1v) is 9.88. The van der Waals surface area contributed by atoms with Gasteiger partial charge < -0.3 is 13.9 Å². The van der Waals surface area contributed by atoms with Gasteiger partial charge >= 0.3 is 5.97 Å². The summed E-state index contributed by atoms with van der Waals surface area (Å²) < 4.78 is 16.1. The predicted octanol–water partition coefficient (Wildman–Crippen LogP) is 4.46. The molecule has 0 radical (unpaired) electrons. The quantitative estimate of drug-likeness (QED) is 0.459. The van der Waals surface area contributed by atoms with E-state index in [1.54, 1.807) is 18.2 Å². The number of imide groups is 1. The van der Waals surface area contributed by atoms with Crippen LogP contribution < -0.4 is 4.74 Å². The number of furan rings is 1. The number of halogens is 1. The first kappa shape index (κ1) is 20.2. The molecular formula is C19H16BrNO6S. The average molecular weight is 466 g/mol. The van der Waals surface area contributed by atoms with E-state index in [-0.39, 0.29) is 12.3 Å². The minimum absolute atomic E-state index is 0.0132. The summed E-state index contributed by atoms with van der Waals surface area (Å²) in [6.07, 6.45) is 1.65. The molecule has 1 aromatic heterocycles. The normalized spacial score (nSPS) is 15.4. The number of nitrogens with zero attached hydrogens (tertiary/aromatic N) is 1. The van der Waals surface area contributed by atoms with Gasteiger partial charge in [0.25, 0.3) is 11.1 Å². The lowest BCUT2D eigenvalue weighted by Crippen LogP contribution is -2.27. The van der Waals surface area contributed by atoms with Gasteiger partial charge in [0, 0.05) is 0 Å². The SMILES string of the molecule is CCOc1ccc(/C=C2/SC(=O)N(Cc3ccc(C(=O)OC)o3)C2=O)cc1Br. The second-order valence-corrected chi connectivity index (χ2v) is 7.50. The Labute approximate surface area is 173 Å². The van der Waals surface area contributed by atoms with E-state index in [1.807, 2.05) is 13.0 Å². The molecule has 1 fully saturated rings. The molecule has 0 bridgehead atoms. The van der Waals surface area contributed by atoms with Crippen LogP contribution in [0, 0.1) is 0 Å². The molecule has 0 spiro atoms. The van der Waals surface area contributed by atoms with Crippen molar-refractivity contribution >= 4 is 50.9 Å². The van der Waals surface area contributed by atoms with Crippen molar-refractivity contribution < 1.29 is 28.3 Å². The number of methoxy groups -OCH3 is 1. The molecule has 28 heavy (non-hydrogen) atoms. The van der Waals surface area contributed by atoms with Crippen LogP contribution in [0.2, 0.25) is 0 Å². The summed E-state index contributed by atoms with van der Waals surface area (Å²) in [5.41, 5.74) is 0.756. The zero-order chi connectivity index (χ0) is 20.3. The van der Waals surface area contributed by atoms with Gasteiger partial charge in [-0.3, -0.25) is 14.5 Å². The lowest BCUT2D eigenvalue weighted by atomic mass is 10.2. The zero-order valence-corrected chi connectivity index (χ0v) is 17.5. The minimum Gasteiger partial charge on any atom is -0.493 e. The van der Waals surface area contributed by atoms with Crippen LogP contribution in [0.3, 0.4) is 0 Å². The van der Waals surface area contributed by atoms with Crippen LogP contribution in [0.4, 0.5) is 4.79 Å². The number of carbonyl (C=O) groups excluding carboxylic acids is 3. The first-order chi connectivity index (χ1) is 13.4. The van der Waals surface area contributed by atoms with Gasteiger partial charge in [-0.2, -0.15) is 0 Å². The number of benzene rings is 1. The molecule has 2 amide bonds. The molecule has 146 valence electrons. The van der Waals surface area contributed by atoms with E-state index in [2.05, 4.69) is 20.7 Å². The van der Waals surface area contributed by atoms with E-state index in [0.717, 1.165) is 26.7 Å². The van der Waals surface area contributed by atoms with E-state index >= 15 is 0 Å². The van der Waals surface area contributed by atoms with Gasteiger partial charge in [-0.25, -0.2) is 4.79 Å². The summed E-state index contributed by atoms with van der Waals surface area (Å²) in [5.74, 6) is -0.0172. The van der Waals surface area contributed by atoms with Crippen molar-refractivity contribution in [2.24, 2.45) is 0 Å². The highest BCUT2D eigenvalue weighted by Crippen LogP contribution is 2.34. The monoisotopic (exact) mass is 465 g/mol. The molecule has 1 aliphatic heterocycles. The Morgan fingerprint density at radius 3 is 2.75 bits per heavy atom. The maximum absolute atomic E-state index is 12.6. The Morgan fingerprint density at radius 1 is 1.29 bits per heavy atom. The molecule has 2 aromatic rings. The fourth-order valence-electron chi connectivity index (χ4n) is 2.50. The summed E-state index contributed by atoms with van der Waals surface area (Å²) >= 11 is 4.28. The van der Waals surface area contributed by atoms with Gasteiger partial charge in [-0.1, -0.05) is 6.07 Å². The van der Waals surface area contributed by atoms with Crippen LogP contribution in [-0.4, -0.2) is 35.7 Å². The van der Waals surface area contributed by atoms with Crippen LogP contribution in [-0.2, 0) is 16.1 Å². The summed E-state index contributed by atoms with van der Waals surface area (Å²) in [7, 11) is 1.24. The van der Waals surface area contributed by atoms with Gasteiger partial charge in [0.2, 0.25) is 5.76 Å². The molecular weight excluding hydrogens is 450 g/mol. The standard InChI is InChI=1S/C19H16BrNO6S/c1-3-26-14-6-4-11(8-13(14)20)9-16-17(22)21(19(24)28-16)10-12-5-7-15(27-12)18(23)25-2/h4-9H,3,10H2,1-2H3/b16-9+. The fourth-order valence-corrected chi connectivity index (χ4v) is 3.85. The summed E-state index contributed by atoms with van der Waals surface area (Å²) in [5, 5.41) is -0.405. The molecule has 0 atom stereocenters. The number of hydrogen-bond acceptors (Lipinski definition) is 7. The lowest BCUT2D eigenvalue weighted by Gasteiger charge is -2.10. The molecule has 1 aromatic carbocycles. The average Bonchev–Trinajstić information content (AvgIpc) is 3.24. The summed E-state index contributed by atoms with van der Waals surface area (Å²) in [6.45, 7) is 2.37. The molecule has 3 rings (SSSR count). The Kier molecular flexibility index (Phi) is 6.25. The third-order valence-electron chi connectivity index (χ3n) is 3.79. The smallest absolute Gasteiger partial charge is 0.373 e. The van der Waals surface area contributed by atoms with Gasteiger partial charge in [0.05, 0.1) is 29.6 Å². The summed E-state index contributed by atoms with van der Waals surface area (Å²) in [4.78, 5) is 37.7. The van der Waals surface area contributed by atoms with E-state index in [0.29, 0.717) is 23.0 Å². The van der Waals surface area contributed by atoms with Crippen molar-refractivity contribution in [2.75, 3.05) is 13.7 Å². The number of hydrogen-bond donors (Lipinski definition) is 0. The van der Waals surface area contributed by atoms with Gasteiger partial charge in [0.15, 0.2) is 0 Å². The van der Waals surface area contributed by atoms with E-state index in [1.165, 1.54) is 19.2 Å². The molecule has 0 saturated carbocycles. The molecule has 0 aliphatic carbocycles. The molecule has 9 heteroatoms. The van der Waals surface area contributed by atoms with Crippen LogP contribution in [0.25, 0.3) is 6.08 Å². The second-order valence-electron chi connectivity index (χ2n) is 5.65. The van der Waals surface area contributed by atoms with Crippen LogP contribution in [0.5, 0.6) is 5.75 Å². The molecule has 1 saturated heterocycles. The highest BCUT2D eigenvalue weighted by atomic mass is 79.9. The highest BCUT2D eigenvalue weighted by molar-refractivity contribution is 9.10. The largest absolute Gasteiger partial charge is 0.493 e. The molecule has 1 aliphatic rings. The highest BCUT2D eigenvalue weighted by Gasteiger charge is 2.35. The van der Waals surface area contributed by atoms with Crippen molar-refractivity contribution in [3.8, 4) is 5.75 Å². The number of amides is 2. The lowest BCUT2D eigenvalue weighted by molar-refractivity contribution is -0.123. The number of esters is 1. The Morgan fingerprint density at radius 2 is 2.07 bits per heavy atom. The second kappa shape index (κ2) is 8.66. The molecule has 0 N–H and O–H groups in total.